The predicted octanol–water partition coefficient (Wildman–Crippen LogP) is 0.709. The molecule has 24 heavy (non-hydrogen) atoms. The van der Waals surface area contributed by atoms with Crippen LogP contribution < -0.4 is 4.90 Å². The fourth-order valence-corrected chi connectivity index (χ4v) is 3.87. The number of aryl methyl sites for hydroxylation is 1. The van der Waals surface area contributed by atoms with E-state index in [0.29, 0.717) is 5.56 Å². The molecule has 2 amide bonds. The lowest BCUT2D eigenvalue weighted by Gasteiger charge is -2.26. The molecular formula is C16H14N2O6. The molecule has 1 aromatic carbocycles. The Morgan fingerprint density at radius 2 is 2.12 bits per heavy atom. The topological polar surface area (TPSA) is 110 Å². The second-order valence-corrected chi connectivity index (χ2v) is 6.30. The Hall–Kier alpha value is -2.58. The molecular weight excluding hydrogens is 316 g/mol. The molecule has 1 N–H and O–H groups in total. The van der Waals surface area contributed by atoms with Crippen molar-refractivity contribution in [2.45, 2.75) is 18.6 Å². The molecule has 3 heterocycles. The molecule has 0 aliphatic carbocycles. The number of hydrogen-bond acceptors (Lipinski definition) is 6. The lowest BCUT2D eigenvalue weighted by Crippen LogP contribution is -2.43. The first-order valence-corrected chi connectivity index (χ1v) is 7.50. The zero-order valence-electron chi connectivity index (χ0n) is 12.7. The van der Waals surface area contributed by atoms with Gasteiger partial charge in [-0.15, -0.1) is 0 Å². The molecule has 124 valence electrons. The van der Waals surface area contributed by atoms with Crippen LogP contribution in [0.4, 0.5) is 11.4 Å². The second-order valence-electron chi connectivity index (χ2n) is 6.30. The zero-order chi connectivity index (χ0) is 17.2. The van der Waals surface area contributed by atoms with Gasteiger partial charge in [-0.25, -0.2) is 4.90 Å². The van der Waals surface area contributed by atoms with Crippen molar-refractivity contribution in [1.29, 1.82) is 0 Å². The molecule has 3 aliphatic rings. The van der Waals surface area contributed by atoms with E-state index in [-0.39, 0.29) is 11.4 Å². The number of benzene rings is 1. The third-order valence-electron chi connectivity index (χ3n) is 5.05. The quantitative estimate of drug-likeness (QED) is 0.378. The number of nitro benzene ring substituents is 1. The summed E-state index contributed by atoms with van der Waals surface area (Å²) in [6.07, 6.45) is 2.76. The van der Waals surface area contributed by atoms with E-state index in [1.807, 2.05) is 0 Å². The van der Waals surface area contributed by atoms with Gasteiger partial charge in [-0.1, -0.05) is 18.2 Å². The number of amides is 2. The maximum Gasteiger partial charge on any atom is 0.274 e. The Balaban J connectivity index is 1.77. The maximum atomic E-state index is 12.8. The largest absolute Gasteiger partial charge is 0.393 e. The van der Waals surface area contributed by atoms with E-state index in [0.717, 1.165) is 4.90 Å². The van der Waals surface area contributed by atoms with Crippen molar-refractivity contribution in [1.82, 2.24) is 0 Å². The van der Waals surface area contributed by atoms with Gasteiger partial charge in [0.15, 0.2) is 0 Å². The van der Waals surface area contributed by atoms with Gasteiger partial charge in [0, 0.05) is 11.6 Å². The van der Waals surface area contributed by atoms with Crippen LogP contribution in [0.1, 0.15) is 5.56 Å². The number of carbonyl (C=O) groups excluding carboxylic acids is 2. The molecule has 0 saturated carbocycles. The van der Waals surface area contributed by atoms with Crippen molar-refractivity contribution in [2.24, 2.45) is 11.8 Å². The van der Waals surface area contributed by atoms with Crippen LogP contribution in [-0.2, 0) is 14.3 Å². The highest BCUT2D eigenvalue weighted by Crippen LogP contribution is 2.52. The van der Waals surface area contributed by atoms with Gasteiger partial charge in [-0.2, -0.15) is 0 Å². The van der Waals surface area contributed by atoms with Crippen LogP contribution >= 0.6 is 0 Å². The minimum atomic E-state index is -1.17. The fourth-order valence-electron chi connectivity index (χ4n) is 3.87. The van der Waals surface area contributed by atoms with E-state index in [9.17, 15) is 24.8 Å². The number of fused-ring (bicyclic) bond motifs is 5. The Bertz CT molecular complexity index is 819. The minimum Gasteiger partial charge on any atom is -0.393 e. The lowest BCUT2D eigenvalue weighted by atomic mass is 9.77. The third kappa shape index (κ3) is 1.69. The van der Waals surface area contributed by atoms with Crippen LogP contribution in [0.5, 0.6) is 0 Å². The summed E-state index contributed by atoms with van der Waals surface area (Å²) in [4.78, 5) is 37.1. The van der Waals surface area contributed by atoms with Crippen molar-refractivity contribution in [3.05, 3.63) is 46.0 Å². The fraction of sp³-hybridized carbons (Fsp3) is 0.375. The van der Waals surface area contributed by atoms with Crippen LogP contribution in [0.15, 0.2) is 30.4 Å². The normalized spacial score (nSPS) is 33.4. The Morgan fingerprint density at radius 1 is 1.38 bits per heavy atom. The van der Waals surface area contributed by atoms with Crippen molar-refractivity contribution < 1.29 is 24.4 Å². The van der Waals surface area contributed by atoms with Gasteiger partial charge in [-0.05, 0) is 13.0 Å². The van der Waals surface area contributed by atoms with E-state index in [1.54, 1.807) is 19.1 Å². The highest BCUT2D eigenvalue weighted by molar-refractivity contribution is 6.23. The average molecular weight is 330 g/mol. The van der Waals surface area contributed by atoms with Crippen molar-refractivity contribution >= 4 is 23.2 Å². The summed E-state index contributed by atoms with van der Waals surface area (Å²) < 4.78 is 5.64. The number of hydrogen-bond donors (Lipinski definition) is 1. The number of aliphatic hydroxyl groups excluding tert-OH is 1. The molecule has 0 unspecified atom stereocenters. The summed E-state index contributed by atoms with van der Waals surface area (Å²) >= 11 is 0. The van der Waals surface area contributed by atoms with Gasteiger partial charge in [0.05, 0.1) is 35.2 Å². The minimum absolute atomic E-state index is 0.153. The van der Waals surface area contributed by atoms with E-state index in [4.69, 9.17) is 4.74 Å². The summed E-state index contributed by atoms with van der Waals surface area (Å²) in [7, 11) is 0. The molecule has 2 fully saturated rings. The Kier molecular flexibility index (Phi) is 2.94. The van der Waals surface area contributed by atoms with Gasteiger partial charge in [-0.3, -0.25) is 19.7 Å². The van der Waals surface area contributed by atoms with Crippen LogP contribution in [0.25, 0.3) is 0 Å². The first-order chi connectivity index (χ1) is 11.4. The molecule has 4 atom stereocenters. The number of rotatable bonds is 3. The van der Waals surface area contributed by atoms with Gasteiger partial charge in [0.1, 0.15) is 5.60 Å². The average Bonchev–Trinajstić information content (AvgIpc) is 3.19. The van der Waals surface area contributed by atoms with Crippen LogP contribution in [0.2, 0.25) is 0 Å². The number of aliphatic hydroxyl groups is 1. The van der Waals surface area contributed by atoms with E-state index in [2.05, 4.69) is 0 Å². The molecule has 0 aromatic heterocycles. The predicted molar refractivity (Wildman–Crippen MR) is 81.1 cm³/mol. The number of nitro groups is 1. The standard InChI is InChI=1S/C16H14N2O6/c1-8-2-3-9(6-10(8)18(22)23)17-14(20)12-11-4-5-16(7-19,24-11)13(12)15(17)21/h2-6,11-13,19H,7H2,1H3/t11-,12+,13+,16+/m1/s1. The van der Waals surface area contributed by atoms with Gasteiger partial charge < -0.3 is 9.84 Å². The van der Waals surface area contributed by atoms with E-state index < -0.39 is 46.9 Å². The maximum absolute atomic E-state index is 12.8. The SMILES string of the molecule is Cc1ccc(N2C(=O)[C@@H]3[C@@H](C2=O)[C@@]2(CO)C=C[C@H]3O2)cc1[N+](=O)[O-]. The third-order valence-corrected chi connectivity index (χ3v) is 5.05. The molecule has 8 heteroatoms. The summed E-state index contributed by atoms with van der Waals surface area (Å²) in [6.45, 7) is 1.19. The summed E-state index contributed by atoms with van der Waals surface area (Å²) in [6, 6.07) is 4.25. The van der Waals surface area contributed by atoms with Crippen molar-refractivity contribution in [2.75, 3.05) is 11.5 Å². The van der Waals surface area contributed by atoms with Gasteiger partial charge in [0.25, 0.3) is 5.69 Å². The molecule has 0 spiro atoms. The first-order valence-electron chi connectivity index (χ1n) is 7.50. The number of imide groups is 1. The smallest absolute Gasteiger partial charge is 0.274 e. The van der Waals surface area contributed by atoms with Crippen LogP contribution in [0.3, 0.4) is 0 Å². The van der Waals surface area contributed by atoms with Gasteiger partial charge >= 0.3 is 0 Å². The molecule has 4 rings (SSSR count). The number of nitrogens with zero attached hydrogens (tertiary/aromatic N) is 2. The number of ether oxygens (including phenoxy) is 1. The highest BCUT2D eigenvalue weighted by Gasteiger charge is 2.67. The zero-order valence-corrected chi connectivity index (χ0v) is 12.7. The monoisotopic (exact) mass is 330 g/mol. The second kappa shape index (κ2) is 4.71. The molecule has 0 radical (unpaired) electrons. The highest BCUT2D eigenvalue weighted by atomic mass is 16.6. The Morgan fingerprint density at radius 3 is 2.79 bits per heavy atom. The Labute approximate surface area is 136 Å². The lowest BCUT2D eigenvalue weighted by molar-refractivity contribution is -0.385. The molecule has 1 aromatic rings. The van der Waals surface area contributed by atoms with Gasteiger partial charge in [0.2, 0.25) is 11.8 Å². The molecule has 2 bridgehead atoms. The number of carbonyl (C=O) groups is 2. The summed E-state index contributed by atoms with van der Waals surface area (Å²) in [5.74, 6) is -2.45. The van der Waals surface area contributed by atoms with Crippen LogP contribution in [-0.4, -0.2) is 40.2 Å². The summed E-state index contributed by atoms with van der Waals surface area (Å²) in [5, 5.41) is 20.8. The van der Waals surface area contributed by atoms with E-state index >= 15 is 0 Å². The molecule has 3 aliphatic heterocycles. The van der Waals surface area contributed by atoms with Crippen molar-refractivity contribution in [3.8, 4) is 0 Å². The molecule has 2 saturated heterocycles. The van der Waals surface area contributed by atoms with Crippen LogP contribution in [0, 0.1) is 28.9 Å². The van der Waals surface area contributed by atoms with Crippen molar-refractivity contribution in [3.63, 3.8) is 0 Å². The molecule has 8 nitrogen and oxygen atoms in total. The number of anilines is 1. The van der Waals surface area contributed by atoms with E-state index in [1.165, 1.54) is 18.2 Å². The first kappa shape index (κ1) is 15.0. The summed E-state index contributed by atoms with van der Waals surface area (Å²) in [5.41, 5.74) is -0.712.